The van der Waals surface area contributed by atoms with Crippen LogP contribution in [0.5, 0.6) is 0 Å². The van der Waals surface area contributed by atoms with Crippen LogP contribution in [0.1, 0.15) is 17.4 Å². The minimum absolute atomic E-state index is 0.310. The van der Waals surface area contributed by atoms with Crippen molar-refractivity contribution >= 4 is 23.4 Å². The Morgan fingerprint density at radius 1 is 1.62 bits per heavy atom. The van der Waals surface area contributed by atoms with Crippen LogP contribution in [0.15, 0.2) is 23.6 Å². The molecular weight excluding hydrogens is 226 g/mol. The number of rotatable bonds is 3. The van der Waals surface area contributed by atoms with Gasteiger partial charge < -0.3 is 9.14 Å². The number of aromatic nitrogens is 3. The van der Waals surface area contributed by atoms with Crippen molar-refractivity contribution in [3.8, 4) is 0 Å². The smallest absolute Gasteiger partial charge is 0.358 e. The van der Waals surface area contributed by atoms with Crippen LogP contribution < -0.4 is 0 Å². The zero-order valence-corrected chi connectivity index (χ0v) is 9.82. The van der Waals surface area contributed by atoms with Gasteiger partial charge in [-0.25, -0.2) is 14.8 Å². The lowest BCUT2D eigenvalue weighted by atomic mass is 10.5. The van der Waals surface area contributed by atoms with Crippen LogP contribution in [-0.2, 0) is 4.74 Å². The Morgan fingerprint density at radius 3 is 3.12 bits per heavy atom. The third-order valence-electron chi connectivity index (χ3n) is 2.02. The van der Waals surface area contributed by atoms with Crippen molar-refractivity contribution in [2.75, 3.05) is 12.9 Å². The number of hydrogen-bond acceptors (Lipinski definition) is 5. The number of fused-ring (bicyclic) bond motifs is 1. The first-order valence-corrected chi connectivity index (χ1v) is 6.03. The molecule has 5 nitrogen and oxygen atoms in total. The van der Waals surface area contributed by atoms with E-state index in [1.165, 1.54) is 11.8 Å². The van der Waals surface area contributed by atoms with E-state index in [4.69, 9.17) is 4.74 Å². The Balaban J connectivity index is 2.47. The molecule has 0 unspecified atom stereocenters. The van der Waals surface area contributed by atoms with Gasteiger partial charge in [-0.2, -0.15) is 0 Å². The van der Waals surface area contributed by atoms with Crippen molar-refractivity contribution < 1.29 is 9.53 Å². The van der Waals surface area contributed by atoms with Crippen LogP contribution in [0.4, 0.5) is 0 Å². The molecule has 0 atom stereocenters. The minimum Gasteiger partial charge on any atom is -0.461 e. The van der Waals surface area contributed by atoms with E-state index in [1.807, 2.05) is 6.26 Å². The molecule has 0 spiro atoms. The number of carbonyl (C=O) groups is 1. The van der Waals surface area contributed by atoms with E-state index in [0.717, 1.165) is 5.03 Å². The molecule has 0 fully saturated rings. The molecule has 0 saturated heterocycles. The molecule has 0 aliphatic rings. The topological polar surface area (TPSA) is 56.5 Å². The van der Waals surface area contributed by atoms with Gasteiger partial charge in [0.15, 0.2) is 11.3 Å². The summed E-state index contributed by atoms with van der Waals surface area (Å²) in [6.07, 6.45) is 7.00. The third-order valence-corrected chi connectivity index (χ3v) is 2.70. The van der Waals surface area contributed by atoms with E-state index in [1.54, 1.807) is 29.9 Å². The van der Waals surface area contributed by atoms with Gasteiger partial charge in [-0.1, -0.05) is 0 Å². The maximum absolute atomic E-state index is 11.5. The van der Waals surface area contributed by atoms with E-state index in [0.29, 0.717) is 17.9 Å². The molecule has 0 aliphatic carbocycles. The average Bonchev–Trinajstić information content (AvgIpc) is 2.72. The molecule has 2 aromatic rings. The molecule has 2 heterocycles. The fourth-order valence-electron chi connectivity index (χ4n) is 1.34. The summed E-state index contributed by atoms with van der Waals surface area (Å²) in [5.74, 6) is -0.404. The number of hydrogen-bond donors (Lipinski definition) is 0. The third kappa shape index (κ3) is 1.88. The Labute approximate surface area is 96.8 Å². The molecule has 6 heteroatoms. The molecule has 0 bridgehead atoms. The predicted molar refractivity (Wildman–Crippen MR) is 60.7 cm³/mol. The van der Waals surface area contributed by atoms with Crippen LogP contribution in [0.25, 0.3) is 5.65 Å². The lowest BCUT2D eigenvalue weighted by Crippen LogP contribution is -2.04. The van der Waals surface area contributed by atoms with Gasteiger partial charge in [0.25, 0.3) is 0 Å². The maximum atomic E-state index is 11.5. The summed E-state index contributed by atoms with van der Waals surface area (Å²) in [6.45, 7) is 2.11. The monoisotopic (exact) mass is 237 g/mol. The fourth-order valence-corrected chi connectivity index (χ4v) is 1.84. The molecule has 2 aromatic heterocycles. The molecule has 0 amide bonds. The number of nitrogens with zero attached hydrogens (tertiary/aromatic N) is 3. The van der Waals surface area contributed by atoms with E-state index in [-0.39, 0.29) is 0 Å². The van der Waals surface area contributed by atoms with E-state index >= 15 is 0 Å². The van der Waals surface area contributed by atoms with Gasteiger partial charge in [-0.15, -0.1) is 11.8 Å². The van der Waals surface area contributed by atoms with Gasteiger partial charge in [-0.3, -0.25) is 0 Å². The fraction of sp³-hybridized carbons (Fsp3) is 0.300. The minimum atomic E-state index is -0.404. The van der Waals surface area contributed by atoms with Crippen LogP contribution in [0.2, 0.25) is 0 Å². The quantitative estimate of drug-likeness (QED) is 0.600. The average molecular weight is 237 g/mol. The first kappa shape index (κ1) is 10.9. The first-order chi connectivity index (χ1) is 7.76. The standard InChI is InChI=1S/C10H11N3O2S/c1-3-15-10(14)7-6-13-5-4-11-9(16-2)8(13)12-7/h4-6H,3H2,1-2H3. The largest absolute Gasteiger partial charge is 0.461 e. The normalized spacial score (nSPS) is 10.6. The van der Waals surface area contributed by atoms with Crippen molar-refractivity contribution in [1.82, 2.24) is 14.4 Å². The highest BCUT2D eigenvalue weighted by Crippen LogP contribution is 2.17. The van der Waals surface area contributed by atoms with Gasteiger partial charge in [0.2, 0.25) is 0 Å². The van der Waals surface area contributed by atoms with Crippen LogP contribution in [0.3, 0.4) is 0 Å². The van der Waals surface area contributed by atoms with Crippen molar-refractivity contribution in [2.45, 2.75) is 11.9 Å². The molecule has 84 valence electrons. The van der Waals surface area contributed by atoms with Crippen LogP contribution in [0, 0.1) is 0 Å². The lowest BCUT2D eigenvalue weighted by molar-refractivity contribution is 0.0520. The molecule has 0 radical (unpaired) electrons. The number of ether oxygens (including phenoxy) is 1. The number of carbonyl (C=O) groups excluding carboxylic acids is 1. The zero-order valence-electron chi connectivity index (χ0n) is 9.01. The summed E-state index contributed by atoms with van der Waals surface area (Å²) in [5.41, 5.74) is 0.989. The maximum Gasteiger partial charge on any atom is 0.358 e. The lowest BCUT2D eigenvalue weighted by Gasteiger charge is -1.96. The second-order valence-corrected chi connectivity index (χ2v) is 3.81. The zero-order chi connectivity index (χ0) is 11.5. The molecule has 0 saturated carbocycles. The summed E-state index contributed by atoms with van der Waals surface area (Å²) in [4.78, 5) is 19.9. The van der Waals surface area contributed by atoms with Crippen molar-refractivity contribution in [1.29, 1.82) is 0 Å². The summed E-state index contributed by atoms with van der Waals surface area (Å²) in [7, 11) is 0. The second kappa shape index (κ2) is 4.52. The Morgan fingerprint density at radius 2 is 2.44 bits per heavy atom. The van der Waals surface area contributed by atoms with Crippen LogP contribution in [-0.4, -0.2) is 33.2 Å². The van der Waals surface area contributed by atoms with Gasteiger partial charge in [0.05, 0.1) is 6.61 Å². The molecular formula is C10H11N3O2S. The Kier molecular flexibility index (Phi) is 3.09. The number of thioether (sulfide) groups is 1. The summed E-state index contributed by atoms with van der Waals surface area (Å²) >= 11 is 1.49. The highest BCUT2D eigenvalue weighted by molar-refractivity contribution is 7.98. The predicted octanol–water partition coefficient (Wildman–Crippen LogP) is 1.63. The van der Waals surface area contributed by atoms with Gasteiger partial charge >= 0.3 is 5.97 Å². The van der Waals surface area contributed by atoms with Crippen molar-refractivity contribution in [2.24, 2.45) is 0 Å². The van der Waals surface area contributed by atoms with Crippen LogP contribution >= 0.6 is 11.8 Å². The molecule has 16 heavy (non-hydrogen) atoms. The van der Waals surface area contributed by atoms with E-state index in [2.05, 4.69) is 9.97 Å². The molecule has 0 N–H and O–H groups in total. The SMILES string of the molecule is CCOC(=O)c1cn2ccnc(SC)c2n1. The summed E-state index contributed by atoms with van der Waals surface area (Å²) < 4.78 is 6.66. The highest BCUT2D eigenvalue weighted by atomic mass is 32.2. The molecule has 0 aliphatic heterocycles. The number of esters is 1. The number of imidazole rings is 1. The second-order valence-electron chi connectivity index (χ2n) is 3.01. The Hall–Kier alpha value is -1.56. The van der Waals surface area contributed by atoms with Gasteiger partial charge in [-0.05, 0) is 13.2 Å². The van der Waals surface area contributed by atoms with E-state index < -0.39 is 5.97 Å². The van der Waals surface area contributed by atoms with Gasteiger partial charge in [0, 0.05) is 18.6 Å². The molecule has 0 aromatic carbocycles. The van der Waals surface area contributed by atoms with Crippen molar-refractivity contribution in [3.63, 3.8) is 0 Å². The first-order valence-electron chi connectivity index (χ1n) is 4.81. The highest BCUT2D eigenvalue weighted by Gasteiger charge is 2.13. The Bertz CT molecular complexity index is 524. The van der Waals surface area contributed by atoms with Crippen molar-refractivity contribution in [3.05, 3.63) is 24.3 Å². The van der Waals surface area contributed by atoms with E-state index in [9.17, 15) is 4.79 Å². The summed E-state index contributed by atoms with van der Waals surface area (Å²) in [6, 6.07) is 0. The van der Waals surface area contributed by atoms with Gasteiger partial charge in [0.1, 0.15) is 5.03 Å². The summed E-state index contributed by atoms with van der Waals surface area (Å²) in [5, 5.41) is 0.790. The molecule has 2 rings (SSSR count).